The molecule has 0 aliphatic rings. The number of Topliss-reactive ketones (excluding diaryl/α,β-unsaturated/α-hetero) is 1. The fraction of sp³-hybridized carbons (Fsp3) is 0.741. The van der Waals surface area contributed by atoms with E-state index in [-0.39, 0.29) is 10.8 Å². The van der Waals surface area contributed by atoms with E-state index in [1.165, 1.54) is 172 Å². The average Bonchev–Trinajstić information content (AvgIpc) is 3.18. The lowest BCUT2D eigenvalue weighted by molar-refractivity contribution is -0.118. The number of hydrogen-bond acceptors (Lipinski definition) is 4. The van der Waals surface area contributed by atoms with Crippen molar-refractivity contribution in [3.63, 3.8) is 0 Å². The van der Waals surface area contributed by atoms with Gasteiger partial charge in [0.25, 0.3) is 0 Å². The molecule has 2 N–H and O–H groups in total. The van der Waals surface area contributed by atoms with Crippen LogP contribution in [-0.2, 0) is 26.8 Å². The molecule has 4 heteroatoms. The van der Waals surface area contributed by atoms with Crippen LogP contribution in [-0.4, -0.2) is 18.4 Å². The van der Waals surface area contributed by atoms with Crippen molar-refractivity contribution in [3.8, 4) is 0 Å². The van der Waals surface area contributed by atoms with Crippen molar-refractivity contribution in [2.75, 3.05) is 12.3 Å². The predicted molar refractivity (Wildman–Crippen MR) is 257 cm³/mol. The molecule has 0 heterocycles. The van der Waals surface area contributed by atoms with Gasteiger partial charge in [-0.05, 0) is 52.5 Å². The highest BCUT2D eigenvalue weighted by Gasteiger charge is 2.14. The quantitative estimate of drug-likeness (QED) is 0.0357. The number of nitrogens with two attached hydrogens (primary N) is 1. The Morgan fingerprint density at radius 3 is 1.12 bits per heavy atom. The number of rotatable bonds is 31. The van der Waals surface area contributed by atoms with Crippen LogP contribution in [0.3, 0.4) is 0 Å². The number of nitrogen functional groups attached to an aromatic ring is 1. The summed E-state index contributed by atoms with van der Waals surface area (Å²) in [7, 11) is 0. The van der Waals surface area contributed by atoms with Crippen molar-refractivity contribution < 1.29 is 9.59 Å². The molecule has 0 atom stereocenters. The van der Waals surface area contributed by atoms with E-state index in [0.29, 0.717) is 18.7 Å². The minimum absolute atomic E-state index is 0.177. The minimum atomic E-state index is 0.177. The Labute approximate surface area is 360 Å². The smallest absolute Gasteiger partial charge is 0.234 e. The Bertz CT molecular complexity index is 1250. The fourth-order valence-corrected chi connectivity index (χ4v) is 7.19. The lowest BCUT2D eigenvalue weighted by Gasteiger charge is -2.19. The van der Waals surface area contributed by atoms with Gasteiger partial charge in [-0.1, -0.05) is 252 Å². The number of nitrogens with zero attached hydrogens (tertiary/aromatic N) is 1. The van der Waals surface area contributed by atoms with Crippen LogP contribution in [0.15, 0.2) is 53.5 Å². The Morgan fingerprint density at radius 2 is 0.793 bits per heavy atom. The second kappa shape index (κ2) is 37.3. The van der Waals surface area contributed by atoms with E-state index in [4.69, 9.17) is 5.73 Å². The number of unbranched alkanes of at least 4 members (excludes halogenated alkanes) is 25. The molecule has 2 aromatic carbocycles. The Balaban J connectivity index is 0.000000946. The second-order valence-corrected chi connectivity index (χ2v) is 19.1. The summed E-state index contributed by atoms with van der Waals surface area (Å²) in [5.41, 5.74) is 10.6. The third-order valence-corrected chi connectivity index (χ3v) is 11.2. The first-order valence-electron chi connectivity index (χ1n) is 24.4. The molecule has 0 saturated carbocycles. The molecular weight excluding hydrogens is 709 g/mol. The highest BCUT2D eigenvalue weighted by Crippen LogP contribution is 2.24. The fourth-order valence-electron chi connectivity index (χ4n) is 7.19. The van der Waals surface area contributed by atoms with Crippen molar-refractivity contribution in [2.24, 2.45) is 4.99 Å². The number of carbonyl (C=O) groups excluding carboxylic acids is 2. The maximum Gasteiger partial charge on any atom is 0.234 e. The van der Waals surface area contributed by atoms with Gasteiger partial charge in [0.2, 0.25) is 6.08 Å². The molecule has 0 saturated heterocycles. The van der Waals surface area contributed by atoms with Crippen LogP contribution in [0.5, 0.6) is 0 Å². The molecule has 0 fully saturated rings. The molecule has 0 aliphatic carbocycles. The summed E-state index contributed by atoms with van der Waals surface area (Å²) in [6.07, 6.45) is 39.6. The van der Waals surface area contributed by atoms with Crippen LogP contribution < -0.4 is 5.73 Å². The first-order valence-corrected chi connectivity index (χ1v) is 24.4. The number of anilines is 1. The summed E-state index contributed by atoms with van der Waals surface area (Å²) in [5.74, 6) is 0.396. The van der Waals surface area contributed by atoms with Crippen molar-refractivity contribution in [2.45, 2.75) is 252 Å². The van der Waals surface area contributed by atoms with Crippen molar-refractivity contribution >= 4 is 17.6 Å². The summed E-state index contributed by atoms with van der Waals surface area (Å²) < 4.78 is 0. The van der Waals surface area contributed by atoms with E-state index in [0.717, 1.165) is 30.5 Å². The van der Waals surface area contributed by atoms with Gasteiger partial charge in [0.05, 0.1) is 6.54 Å². The zero-order chi connectivity index (χ0) is 43.2. The maximum absolute atomic E-state index is 12.2. The molecule has 332 valence electrons. The van der Waals surface area contributed by atoms with E-state index < -0.39 is 0 Å². The number of benzene rings is 2. The summed E-state index contributed by atoms with van der Waals surface area (Å²) in [6.45, 7) is 18.5. The Morgan fingerprint density at radius 1 is 0.483 bits per heavy atom. The summed E-state index contributed by atoms with van der Waals surface area (Å²) in [4.78, 5) is 25.6. The Hall–Kier alpha value is -2.71. The van der Waals surface area contributed by atoms with E-state index in [9.17, 15) is 9.59 Å². The first kappa shape index (κ1) is 55.3. The average molecular weight is 803 g/mol. The number of aliphatic imine (C=N–C) groups is 1. The van der Waals surface area contributed by atoms with Crippen LogP contribution in [0.25, 0.3) is 0 Å². The normalized spacial score (nSPS) is 11.2. The number of carbonyl (C=O) groups is 1. The van der Waals surface area contributed by atoms with E-state index >= 15 is 0 Å². The first-order chi connectivity index (χ1) is 27.8. The molecule has 2 rings (SSSR count). The third-order valence-electron chi connectivity index (χ3n) is 11.2. The highest BCUT2D eigenvalue weighted by molar-refractivity contribution is 5.80. The molecule has 58 heavy (non-hydrogen) atoms. The van der Waals surface area contributed by atoms with Gasteiger partial charge in [-0.3, -0.25) is 4.79 Å². The molecule has 0 aliphatic heterocycles. The molecule has 2 aromatic rings. The highest BCUT2D eigenvalue weighted by atomic mass is 16.1. The van der Waals surface area contributed by atoms with Gasteiger partial charge in [-0.2, -0.15) is 0 Å². The van der Waals surface area contributed by atoms with Crippen LogP contribution in [0.4, 0.5) is 5.69 Å². The van der Waals surface area contributed by atoms with E-state index in [1.54, 1.807) is 6.08 Å². The van der Waals surface area contributed by atoms with Gasteiger partial charge in [-0.25, -0.2) is 9.79 Å². The molecule has 0 spiro atoms. The van der Waals surface area contributed by atoms with Crippen molar-refractivity contribution in [3.05, 3.63) is 65.2 Å². The monoisotopic (exact) mass is 803 g/mol. The third kappa shape index (κ3) is 35.3. The molecule has 0 amide bonds. The van der Waals surface area contributed by atoms with Gasteiger partial charge in [0.15, 0.2) is 0 Å². The SMILES string of the molecule is CC(C)(C)c1ccc(N)cc1.CCCCCCCCCCCCCCCCC(=O)Cc1ccc(C(C)(C)C)cc1.CCCCCCCCCCCCCCCN=C=O. The summed E-state index contributed by atoms with van der Waals surface area (Å²) in [5, 5.41) is 0. The standard InChI is InChI=1S/C28H48O.C16H31NO.C10H15N/c1-5-6-7-8-9-10-11-12-13-14-15-16-17-18-19-27(29)24-25-20-22-26(23-21-25)28(2,3)4;1-2-3-4-5-6-7-8-9-10-11-12-13-14-15-17-16-18;1-10(2,3)8-4-6-9(11)7-5-8/h20-23H,5-19,24H2,1-4H3;2-15H2,1H3;4-7H,11H2,1-3H3. The summed E-state index contributed by atoms with van der Waals surface area (Å²) >= 11 is 0. The number of ketones is 1. The topological polar surface area (TPSA) is 72.5 Å². The predicted octanol–water partition coefficient (Wildman–Crippen LogP) is 16.9. The van der Waals surface area contributed by atoms with Gasteiger partial charge < -0.3 is 5.73 Å². The van der Waals surface area contributed by atoms with Crippen molar-refractivity contribution in [1.82, 2.24) is 0 Å². The molecule has 0 radical (unpaired) electrons. The zero-order valence-corrected chi connectivity index (χ0v) is 39.7. The number of isocyanates is 1. The molecule has 0 bridgehead atoms. The maximum atomic E-state index is 12.2. The second-order valence-electron chi connectivity index (χ2n) is 19.1. The van der Waals surface area contributed by atoms with Gasteiger partial charge in [0, 0.05) is 18.5 Å². The van der Waals surface area contributed by atoms with Gasteiger partial charge in [0.1, 0.15) is 5.78 Å². The Kier molecular flexibility index (Phi) is 35.6. The lowest BCUT2D eigenvalue weighted by atomic mass is 9.86. The van der Waals surface area contributed by atoms with Crippen LogP contribution in [0.2, 0.25) is 0 Å². The van der Waals surface area contributed by atoms with Crippen LogP contribution in [0, 0.1) is 0 Å². The van der Waals surface area contributed by atoms with E-state index in [1.807, 2.05) is 12.1 Å². The van der Waals surface area contributed by atoms with E-state index in [2.05, 4.69) is 96.8 Å². The molecule has 0 unspecified atom stereocenters. The molecular formula is C54H94N2O2. The number of hydrogen-bond donors (Lipinski definition) is 1. The van der Waals surface area contributed by atoms with Crippen molar-refractivity contribution in [1.29, 1.82) is 0 Å². The van der Waals surface area contributed by atoms with Gasteiger partial charge in [-0.15, -0.1) is 0 Å². The van der Waals surface area contributed by atoms with Gasteiger partial charge >= 0.3 is 0 Å². The largest absolute Gasteiger partial charge is 0.399 e. The summed E-state index contributed by atoms with van der Waals surface area (Å²) in [6, 6.07) is 16.7. The van der Waals surface area contributed by atoms with Crippen LogP contribution in [0.1, 0.15) is 252 Å². The lowest BCUT2D eigenvalue weighted by Crippen LogP contribution is -2.11. The van der Waals surface area contributed by atoms with Crippen LogP contribution >= 0.6 is 0 Å². The minimum Gasteiger partial charge on any atom is -0.399 e. The zero-order valence-electron chi connectivity index (χ0n) is 39.7. The molecule has 0 aromatic heterocycles. The molecule has 4 nitrogen and oxygen atoms in total.